The molecule has 0 aromatic carbocycles. The molecule has 6 nitrogen and oxygen atoms in total. The Bertz CT molecular complexity index is 349. The Labute approximate surface area is 99.0 Å². The first-order chi connectivity index (χ1) is 7.70. The predicted octanol–water partition coefficient (Wildman–Crippen LogP) is 0.518. The average Bonchev–Trinajstić information content (AvgIpc) is 2.73. The quantitative estimate of drug-likeness (QED) is 0.259. The highest BCUT2D eigenvalue weighted by atomic mass is 32.1. The molecule has 0 saturated carbocycles. The zero-order chi connectivity index (χ0) is 12.0. The number of hydrogen-bond acceptors (Lipinski definition) is 6. The van der Waals surface area contributed by atoms with Crippen molar-refractivity contribution in [1.29, 1.82) is 0 Å². The summed E-state index contributed by atoms with van der Waals surface area (Å²) in [6, 6.07) is 0. The number of nitrogens with one attached hydrogen (secondary N) is 1. The molecule has 90 valence electrons. The van der Waals surface area contributed by atoms with E-state index in [2.05, 4.69) is 33.9 Å². The second kappa shape index (κ2) is 6.51. The Morgan fingerprint density at radius 1 is 1.62 bits per heavy atom. The lowest BCUT2D eigenvalue weighted by Crippen LogP contribution is -2.31. The number of aliphatic imine (C=N–C) groups is 1. The maximum absolute atomic E-state index is 5.44. The summed E-state index contributed by atoms with van der Waals surface area (Å²) in [4.78, 5) is 5.20. The summed E-state index contributed by atoms with van der Waals surface area (Å²) in [5.74, 6) is 6.37. The molecule has 0 bridgehead atoms. The van der Waals surface area contributed by atoms with Crippen molar-refractivity contribution in [3.8, 4) is 0 Å². The summed E-state index contributed by atoms with van der Waals surface area (Å²) in [6.07, 6.45) is 0. The fourth-order valence-electron chi connectivity index (χ4n) is 1.17. The van der Waals surface area contributed by atoms with Crippen molar-refractivity contribution in [3.05, 3.63) is 10.6 Å². The lowest BCUT2D eigenvalue weighted by Gasteiger charge is -2.06. The average molecular weight is 243 g/mol. The molecular weight excluding hydrogens is 226 g/mol. The van der Waals surface area contributed by atoms with Gasteiger partial charge in [0.25, 0.3) is 0 Å². The van der Waals surface area contributed by atoms with E-state index in [1.54, 1.807) is 7.11 Å². The van der Waals surface area contributed by atoms with E-state index in [4.69, 9.17) is 10.6 Å². The summed E-state index contributed by atoms with van der Waals surface area (Å²) >= 11 is 1.29. The molecule has 0 spiro atoms. The molecular formula is C9H17N5OS. The molecule has 0 fully saturated rings. The van der Waals surface area contributed by atoms with Gasteiger partial charge in [-0.25, -0.2) is 5.84 Å². The van der Waals surface area contributed by atoms with Gasteiger partial charge in [0.1, 0.15) is 4.88 Å². The SMILES string of the molecule is COCCN=C(NN)c1snnc1C(C)C. The molecule has 0 saturated heterocycles. The minimum absolute atomic E-state index is 0.301. The van der Waals surface area contributed by atoms with Crippen LogP contribution in [0.4, 0.5) is 0 Å². The van der Waals surface area contributed by atoms with Crippen LogP contribution < -0.4 is 11.3 Å². The third-order valence-corrected chi connectivity index (χ3v) is 2.73. The highest BCUT2D eigenvalue weighted by Crippen LogP contribution is 2.19. The number of aromatic nitrogens is 2. The van der Waals surface area contributed by atoms with Gasteiger partial charge >= 0.3 is 0 Å². The maximum atomic E-state index is 5.44. The molecule has 3 N–H and O–H groups in total. The minimum atomic E-state index is 0.301. The van der Waals surface area contributed by atoms with Crippen molar-refractivity contribution in [1.82, 2.24) is 15.0 Å². The molecule has 0 atom stereocenters. The van der Waals surface area contributed by atoms with E-state index < -0.39 is 0 Å². The van der Waals surface area contributed by atoms with Crippen molar-refractivity contribution < 1.29 is 4.74 Å². The van der Waals surface area contributed by atoms with Gasteiger partial charge in [0.2, 0.25) is 0 Å². The fourth-order valence-corrected chi connectivity index (χ4v) is 1.96. The molecule has 16 heavy (non-hydrogen) atoms. The van der Waals surface area contributed by atoms with Crippen LogP contribution in [-0.4, -0.2) is 35.7 Å². The van der Waals surface area contributed by atoms with Gasteiger partial charge in [0, 0.05) is 7.11 Å². The first-order valence-electron chi connectivity index (χ1n) is 5.03. The zero-order valence-corrected chi connectivity index (χ0v) is 10.5. The Morgan fingerprint density at radius 3 is 2.94 bits per heavy atom. The molecule has 1 aromatic rings. The number of ether oxygens (including phenoxy) is 1. The van der Waals surface area contributed by atoms with Crippen molar-refractivity contribution in [2.75, 3.05) is 20.3 Å². The Balaban J connectivity index is 2.86. The number of hydrazine groups is 1. The van der Waals surface area contributed by atoms with Crippen LogP contribution in [0.5, 0.6) is 0 Å². The van der Waals surface area contributed by atoms with Crippen LogP contribution in [0.15, 0.2) is 4.99 Å². The molecule has 0 radical (unpaired) electrons. The van der Waals surface area contributed by atoms with E-state index in [0.29, 0.717) is 24.9 Å². The molecule has 0 amide bonds. The van der Waals surface area contributed by atoms with Gasteiger partial charge < -0.3 is 10.2 Å². The van der Waals surface area contributed by atoms with E-state index in [0.717, 1.165) is 10.6 Å². The third kappa shape index (κ3) is 3.22. The highest BCUT2D eigenvalue weighted by Gasteiger charge is 2.15. The van der Waals surface area contributed by atoms with E-state index in [-0.39, 0.29) is 0 Å². The molecule has 7 heteroatoms. The summed E-state index contributed by atoms with van der Waals surface area (Å²) in [7, 11) is 1.64. The first kappa shape index (κ1) is 13.0. The Hall–Kier alpha value is -1.05. The van der Waals surface area contributed by atoms with Gasteiger partial charge in [-0.3, -0.25) is 4.99 Å². The lowest BCUT2D eigenvalue weighted by molar-refractivity contribution is 0.208. The molecule has 0 unspecified atom stereocenters. The Morgan fingerprint density at radius 2 is 2.38 bits per heavy atom. The highest BCUT2D eigenvalue weighted by molar-refractivity contribution is 7.08. The van der Waals surface area contributed by atoms with Crippen LogP contribution in [0.2, 0.25) is 0 Å². The van der Waals surface area contributed by atoms with Gasteiger partial charge in [-0.1, -0.05) is 18.3 Å². The maximum Gasteiger partial charge on any atom is 0.156 e. The van der Waals surface area contributed by atoms with Crippen LogP contribution in [-0.2, 0) is 4.74 Å². The van der Waals surface area contributed by atoms with Crippen LogP contribution in [0.1, 0.15) is 30.3 Å². The molecule has 1 heterocycles. The van der Waals surface area contributed by atoms with E-state index >= 15 is 0 Å². The minimum Gasteiger partial charge on any atom is -0.383 e. The first-order valence-corrected chi connectivity index (χ1v) is 5.80. The predicted molar refractivity (Wildman–Crippen MR) is 64.6 cm³/mol. The standard InChI is InChI=1S/C9H17N5OS/c1-6(2)7-8(16-14-13-7)9(12-10)11-4-5-15-3/h6H,4-5,10H2,1-3H3,(H,11,12). The summed E-state index contributed by atoms with van der Waals surface area (Å²) in [5.41, 5.74) is 3.50. The van der Waals surface area contributed by atoms with Gasteiger partial charge in [0.15, 0.2) is 5.84 Å². The summed E-state index contributed by atoms with van der Waals surface area (Å²) in [5, 5.41) is 4.07. The molecule has 0 aliphatic rings. The largest absolute Gasteiger partial charge is 0.383 e. The number of hydrogen-bond donors (Lipinski definition) is 2. The molecule has 1 rings (SSSR count). The summed E-state index contributed by atoms with van der Waals surface area (Å²) in [6.45, 7) is 5.24. The third-order valence-electron chi connectivity index (χ3n) is 1.98. The topological polar surface area (TPSA) is 85.4 Å². The normalized spacial score (nSPS) is 12.2. The van der Waals surface area contributed by atoms with Crippen molar-refractivity contribution in [3.63, 3.8) is 0 Å². The second-order valence-corrected chi connectivity index (χ2v) is 4.26. The van der Waals surface area contributed by atoms with E-state index in [9.17, 15) is 0 Å². The molecule has 1 aromatic heterocycles. The fraction of sp³-hybridized carbons (Fsp3) is 0.667. The lowest BCUT2D eigenvalue weighted by atomic mass is 10.1. The van der Waals surface area contributed by atoms with Gasteiger partial charge in [-0.15, -0.1) is 5.10 Å². The molecule has 0 aliphatic carbocycles. The van der Waals surface area contributed by atoms with Crippen LogP contribution >= 0.6 is 11.5 Å². The van der Waals surface area contributed by atoms with Gasteiger partial charge in [-0.05, 0) is 17.5 Å². The van der Waals surface area contributed by atoms with Crippen molar-refractivity contribution >= 4 is 17.4 Å². The monoisotopic (exact) mass is 243 g/mol. The Kier molecular flexibility index (Phi) is 5.30. The van der Waals surface area contributed by atoms with E-state index in [1.807, 2.05) is 0 Å². The van der Waals surface area contributed by atoms with E-state index in [1.165, 1.54) is 11.5 Å². The van der Waals surface area contributed by atoms with Crippen molar-refractivity contribution in [2.24, 2.45) is 10.8 Å². The summed E-state index contributed by atoms with van der Waals surface area (Å²) < 4.78 is 8.85. The number of nitrogens with zero attached hydrogens (tertiary/aromatic N) is 3. The second-order valence-electron chi connectivity index (χ2n) is 3.51. The number of methoxy groups -OCH3 is 1. The number of rotatable bonds is 5. The van der Waals surface area contributed by atoms with Crippen molar-refractivity contribution in [2.45, 2.75) is 19.8 Å². The van der Waals surface area contributed by atoms with Gasteiger partial charge in [0.05, 0.1) is 18.8 Å². The van der Waals surface area contributed by atoms with Crippen LogP contribution in [0.3, 0.4) is 0 Å². The smallest absolute Gasteiger partial charge is 0.156 e. The number of amidine groups is 1. The number of nitrogens with two attached hydrogens (primary N) is 1. The van der Waals surface area contributed by atoms with Gasteiger partial charge in [-0.2, -0.15) is 0 Å². The van der Waals surface area contributed by atoms with Crippen LogP contribution in [0.25, 0.3) is 0 Å². The molecule has 0 aliphatic heterocycles. The van der Waals surface area contributed by atoms with Crippen LogP contribution in [0, 0.1) is 0 Å². The zero-order valence-electron chi connectivity index (χ0n) is 9.73.